The first-order chi connectivity index (χ1) is 30.1. The number of aromatic nitrogens is 6. The van der Waals surface area contributed by atoms with Crippen LogP contribution < -0.4 is 0 Å². The molecule has 0 aliphatic carbocycles. The maximum absolute atomic E-state index is 5.34. The lowest BCUT2D eigenvalue weighted by Gasteiger charge is -2.17. The van der Waals surface area contributed by atoms with Crippen molar-refractivity contribution in [3.05, 3.63) is 200 Å². The number of nitrogens with zero attached hydrogens (tertiary/aromatic N) is 6. The average molecular weight is 781 g/mol. The second-order valence-electron chi connectivity index (χ2n) is 15.1. The smallest absolute Gasteiger partial charge is 0.164 e. The summed E-state index contributed by atoms with van der Waals surface area (Å²) < 4.78 is 0. The maximum Gasteiger partial charge on any atom is 0.164 e. The van der Waals surface area contributed by atoms with Crippen molar-refractivity contribution in [2.24, 2.45) is 0 Å². The van der Waals surface area contributed by atoms with E-state index in [1.807, 2.05) is 79.3 Å². The highest BCUT2D eigenvalue weighted by molar-refractivity contribution is 6.15. The lowest BCUT2D eigenvalue weighted by molar-refractivity contribution is 1.08. The Morgan fingerprint density at radius 1 is 0.410 bits per heavy atom. The Kier molecular flexibility index (Phi) is 8.75. The summed E-state index contributed by atoms with van der Waals surface area (Å²) in [5.74, 6) is 1.81. The molecule has 0 aliphatic rings. The van der Waals surface area contributed by atoms with Crippen molar-refractivity contribution in [1.82, 2.24) is 29.9 Å². The third kappa shape index (κ3) is 6.12. The van der Waals surface area contributed by atoms with Crippen molar-refractivity contribution < 1.29 is 0 Å². The van der Waals surface area contributed by atoms with Gasteiger partial charge in [-0.25, -0.2) is 15.0 Å². The van der Waals surface area contributed by atoms with Gasteiger partial charge in [0.05, 0.1) is 16.6 Å². The normalized spacial score (nSPS) is 11.7. The standard InChI is InChI=1S/C55H36N6/c1-3-4-19-38-34(2)50-36(17-12-29-56-50)32-48(38)43-25-27-46(41-22-10-8-20-39(41)43)54-59-53(35-15-6-5-7-16-35)60-55(61-54)47-28-26-44(40-21-9-11-23-42(40)47)49-33-37-18-13-30-57-51(37)52-45(49)24-14-31-58-52/h3-33H,1H2,2H3/b19-4-. The second-order valence-corrected chi connectivity index (χ2v) is 15.1. The largest absolute Gasteiger partial charge is 0.256 e. The zero-order valence-corrected chi connectivity index (χ0v) is 33.3. The fourth-order valence-corrected chi connectivity index (χ4v) is 8.80. The van der Waals surface area contributed by atoms with Crippen LogP contribution in [0.2, 0.25) is 0 Å². The van der Waals surface area contributed by atoms with Crippen molar-refractivity contribution in [1.29, 1.82) is 0 Å². The van der Waals surface area contributed by atoms with Crippen molar-refractivity contribution in [3.8, 4) is 56.4 Å². The molecule has 0 amide bonds. The van der Waals surface area contributed by atoms with E-state index in [2.05, 4.69) is 123 Å². The molecule has 0 N–H and O–H groups in total. The van der Waals surface area contributed by atoms with E-state index >= 15 is 0 Å². The van der Waals surface area contributed by atoms with Crippen molar-refractivity contribution in [3.63, 3.8) is 0 Å². The van der Waals surface area contributed by atoms with Gasteiger partial charge in [0, 0.05) is 51.4 Å². The van der Waals surface area contributed by atoms with Gasteiger partial charge in [-0.1, -0.05) is 134 Å². The molecule has 286 valence electrons. The van der Waals surface area contributed by atoms with Gasteiger partial charge in [-0.3, -0.25) is 15.0 Å². The molecule has 0 saturated carbocycles. The molecule has 0 radical (unpaired) electrons. The molecule has 6 heteroatoms. The Morgan fingerprint density at radius 2 is 0.885 bits per heavy atom. The predicted octanol–water partition coefficient (Wildman–Crippen LogP) is 13.7. The minimum absolute atomic E-state index is 0.600. The quantitative estimate of drug-likeness (QED) is 0.118. The lowest BCUT2D eigenvalue weighted by atomic mass is 9.88. The van der Waals surface area contributed by atoms with Gasteiger partial charge < -0.3 is 0 Å². The molecule has 0 atom stereocenters. The summed E-state index contributed by atoms with van der Waals surface area (Å²) in [7, 11) is 0. The average Bonchev–Trinajstić information content (AvgIpc) is 3.33. The topological polar surface area (TPSA) is 77.3 Å². The van der Waals surface area contributed by atoms with Gasteiger partial charge in [0.15, 0.2) is 17.5 Å². The number of allylic oxidation sites excluding steroid dienone is 2. The minimum atomic E-state index is 0.600. The number of pyridine rings is 3. The monoisotopic (exact) mass is 780 g/mol. The first-order valence-corrected chi connectivity index (χ1v) is 20.3. The third-order valence-corrected chi connectivity index (χ3v) is 11.6. The number of benzene rings is 7. The van der Waals surface area contributed by atoms with E-state index in [9.17, 15) is 0 Å². The Hall–Kier alpha value is -8.22. The molecular weight excluding hydrogens is 745 g/mol. The first kappa shape index (κ1) is 35.9. The highest BCUT2D eigenvalue weighted by atomic mass is 15.0. The molecular formula is C55H36N6. The van der Waals surface area contributed by atoms with Crippen molar-refractivity contribution in [2.75, 3.05) is 0 Å². The molecule has 0 unspecified atom stereocenters. The molecule has 7 aromatic carbocycles. The molecule has 0 spiro atoms. The molecule has 4 heterocycles. The van der Waals surface area contributed by atoms with E-state index in [0.29, 0.717) is 17.5 Å². The molecule has 4 aromatic heterocycles. The highest BCUT2D eigenvalue weighted by Gasteiger charge is 2.21. The van der Waals surface area contributed by atoms with Gasteiger partial charge in [0.1, 0.15) is 0 Å². The number of hydrogen-bond donors (Lipinski definition) is 0. The summed E-state index contributed by atoms with van der Waals surface area (Å²) in [5, 5.41) is 7.47. The van der Waals surface area contributed by atoms with Crippen LogP contribution in [0.15, 0.2) is 189 Å². The predicted molar refractivity (Wildman–Crippen MR) is 252 cm³/mol. The molecule has 61 heavy (non-hydrogen) atoms. The van der Waals surface area contributed by atoms with Crippen LogP contribution in [0.3, 0.4) is 0 Å². The van der Waals surface area contributed by atoms with E-state index < -0.39 is 0 Å². The van der Waals surface area contributed by atoms with Gasteiger partial charge in [-0.05, 0) is 104 Å². The molecule has 6 nitrogen and oxygen atoms in total. The number of aryl methyl sites for hydroxylation is 1. The summed E-state index contributed by atoms with van der Waals surface area (Å²) in [5.41, 5.74) is 12.2. The fraction of sp³-hybridized carbons (Fsp3) is 0.0182. The van der Waals surface area contributed by atoms with Gasteiger partial charge in [-0.2, -0.15) is 0 Å². The summed E-state index contributed by atoms with van der Waals surface area (Å²) in [6.45, 7) is 6.10. The molecule has 0 aliphatic heterocycles. The number of rotatable bonds is 7. The van der Waals surface area contributed by atoms with Gasteiger partial charge in [-0.15, -0.1) is 0 Å². The Balaban J connectivity index is 1.13. The van der Waals surface area contributed by atoms with Crippen molar-refractivity contribution in [2.45, 2.75) is 6.92 Å². The summed E-state index contributed by atoms with van der Waals surface area (Å²) >= 11 is 0. The Bertz CT molecular complexity index is 3570. The molecule has 0 bridgehead atoms. The summed E-state index contributed by atoms with van der Waals surface area (Å²) in [4.78, 5) is 30.0. The van der Waals surface area contributed by atoms with Crippen LogP contribution in [0.1, 0.15) is 11.1 Å². The Labute approximate surface area is 352 Å². The second kappa shape index (κ2) is 14.9. The SMILES string of the molecule is C=C/C=C\c1c(-c2ccc(-c3nc(-c4ccccc4)nc(-c4ccc(-c5cc6cccnc6c6ncccc56)c5ccccc45)n3)c3ccccc23)cc2cccnc2c1C. The highest BCUT2D eigenvalue weighted by Crippen LogP contribution is 2.42. The third-order valence-electron chi connectivity index (χ3n) is 11.6. The van der Waals surface area contributed by atoms with Gasteiger partial charge in [0.25, 0.3) is 0 Å². The molecule has 11 aromatic rings. The van der Waals surface area contributed by atoms with Crippen LogP contribution in [0.25, 0.3) is 117 Å². The number of hydrogen-bond acceptors (Lipinski definition) is 6. The lowest BCUT2D eigenvalue weighted by Crippen LogP contribution is -2.01. The van der Waals surface area contributed by atoms with Crippen LogP contribution in [0.5, 0.6) is 0 Å². The number of fused-ring (bicyclic) bond motifs is 6. The van der Waals surface area contributed by atoms with E-state index in [-0.39, 0.29) is 0 Å². The molecule has 11 rings (SSSR count). The Morgan fingerprint density at radius 3 is 1.52 bits per heavy atom. The summed E-state index contributed by atoms with van der Waals surface area (Å²) in [6, 6.07) is 52.7. The van der Waals surface area contributed by atoms with Crippen LogP contribution in [0, 0.1) is 6.92 Å². The minimum Gasteiger partial charge on any atom is -0.256 e. The van der Waals surface area contributed by atoms with Crippen LogP contribution in [0.4, 0.5) is 0 Å². The first-order valence-electron chi connectivity index (χ1n) is 20.3. The maximum atomic E-state index is 5.34. The molecule has 0 fully saturated rings. The summed E-state index contributed by atoms with van der Waals surface area (Å²) in [6.07, 6.45) is 11.4. The molecule has 0 saturated heterocycles. The van der Waals surface area contributed by atoms with E-state index in [0.717, 1.165) is 104 Å². The van der Waals surface area contributed by atoms with Gasteiger partial charge in [0.2, 0.25) is 0 Å². The van der Waals surface area contributed by atoms with Crippen LogP contribution in [-0.2, 0) is 0 Å². The van der Waals surface area contributed by atoms with E-state index in [4.69, 9.17) is 29.9 Å². The van der Waals surface area contributed by atoms with Gasteiger partial charge >= 0.3 is 0 Å². The van der Waals surface area contributed by atoms with Crippen LogP contribution in [-0.4, -0.2) is 29.9 Å². The zero-order chi connectivity index (χ0) is 40.9. The van der Waals surface area contributed by atoms with Crippen molar-refractivity contribution >= 4 is 60.3 Å². The fourth-order valence-electron chi connectivity index (χ4n) is 8.80. The van der Waals surface area contributed by atoms with E-state index in [1.54, 1.807) is 0 Å². The zero-order valence-electron chi connectivity index (χ0n) is 33.3. The van der Waals surface area contributed by atoms with E-state index in [1.165, 1.54) is 0 Å². The van der Waals surface area contributed by atoms with Crippen LogP contribution >= 0.6 is 0 Å².